The van der Waals surface area contributed by atoms with Gasteiger partial charge in [0.2, 0.25) is 0 Å². The number of ether oxygens (including phenoxy) is 5. The molecule has 686 valence electrons. The first-order valence-electron chi connectivity index (χ1n) is 44.8. The predicted octanol–water partition coefficient (Wildman–Crippen LogP) is 11.9. The molecule has 3 N–H and O–H groups in total. The Morgan fingerprint density at radius 3 is 1.19 bits per heavy atom. The Morgan fingerprint density at radius 2 is 0.756 bits per heavy atom. The minimum absolute atomic E-state index is 0.0795. The Balaban J connectivity index is 0.000000131. The molecule has 34 nitrogen and oxygen atoms in total. The van der Waals surface area contributed by atoms with E-state index in [4.69, 9.17) is 61.8 Å². The summed E-state index contributed by atoms with van der Waals surface area (Å²) in [6.07, 6.45) is 20.2. The number of H-pyrrole nitrogens is 1. The van der Waals surface area contributed by atoms with Crippen LogP contribution in [0.5, 0.6) is 0 Å². The average molecular weight is 1790 g/mol. The van der Waals surface area contributed by atoms with E-state index >= 15 is 0 Å². The third-order valence-electron chi connectivity index (χ3n) is 23.3. The van der Waals surface area contributed by atoms with Crippen LogP contribution in [-0.2, 0) is 102 Å². The maximum atomic E-state index is 12.6. The maximum Gasteiger partial charge on any atom is 0.410 e. The number of aryl methyl sites for hydroxylation is 5. The number of amides is 3. The van der Waals surface area contributed by atoms with Gasteiger partial charge in [0.05, 0.1) is 65.8 Å². The van der Waals surface area contributed by atoms with E-state index in [1.165, 1.54) is 45.6 Å². The van der Waals surface area contributed by atoms with E-state index in [1.54, 1.807) is 38.1 Å². The monoisotopic (exact) mass is 1790 g/mol. The molecule has 2 atom stereocenters. The first-order valence-corrected chi connectivity index (χ1v) is 45.6. The van der Waals surface area contributed by atoms with Crippen molar-refractivity contribution in [2.45, 2.75) is 250 Å². The van der Waals surface area contributed by atoms with Crippen LogP contribution in [0.2, 0.25) is 10.3 Å². The topological polar surface area (TPSA) is 360 Å². The van der Waals surface area contributed by atoms with Crippen molar-refractivity contribution in [1.29, 1.82) is 0 Å². The van der Waals surface area contributed by atoms with Crippen molar-refractivity contribution in [2.75, 3.05) is 108 Å². The molecule has 10 aromatic heterocycles. The Kier molecular flexibility index (Phi) is 29.3. The second-order valence-corrected chi connectivity index (χ2v) is 38.5. The first kappa shape index (κ1) is 94.0. The molecule has 10 aromatic rings. The highest BCUT2D eigenvalue weighted by Crippen LogP contribution is 2.36. The number of esters is 2. The lowest BCUT2D eigenvalue weighted by Crippen LogP contribution is -2.40. The Morgan fingerprint density at radius 1 is 0.402 bits per heavy atom. The highest BCUT2D eigenvalue weighted by molar-refractivity contribution is 6.31. The maximum absolute atomic E-state index is 12.6. The SMILES string of the molecule is CCOC(=O)C1CCC(C(=O)OC(C)(C)C)CCC1=O.Cc1c[nH]n2c(=O)c3c(nc12)CCN(C(=O)OC(C)(C)C)CC3.Cc1cnn2c(Cl)c3c(nc12)CCN(C(=O)OC(C)(C)C)CC3.Cc1cnn2c(Cl)c3c(nc12)CCNCC3.Cc1cnn2c(N3CCC3)c3c(nc12)CCN(C(=O)OC(C)(C)C)CC3.Cc1cnn2c(N3CCC3)c3c(nc12)CCNCC3. The van der Waals surface area contributed by atoms with Crippen molar-refractivity contribution >= 4 is 99.1 Å². The summed E-state index contributed by atoms with van der Waals surface area (Å²) in [5.41, 5.74) is 18.0. The minimum atomic E-state index is -0.720. The molecule has 3 fully saturated rings. The number of nitrogens with one attached hydrogen (secondary N) is 3. The number of anilines is 2. The number of ketones is 1. The molecule has 0 bridgehead atoms. The summed E-state index contributed by atoms with van der Waals surface area (Å²) in [7, 11) is 0. The van der Waals surface area contributed by atoms with Crippen LogP contribution in [0.15, 0.2) is 35.8 Å². The fraction of sp³-hybridized carbons (Fsp3) is 0.604. The minimum Gasteiger partial charge on any atom is -0.465 e. The molecule has 1 aliphatic carbocycles. The van der Waals surface area contributed by atoms with E-state index < -0.39 is 34.3 Å². The molecule has 1 saturated carbocycles. The smallest absolute Gasteiger partial charge is 0.410 e. The highest BCUT2D eigenvalue weighted by Gasteiger charge is 2.38. The lowest BCUT2D eigenvalue weighted by molar-refractivity contribution is -0.160. The van der Waals surface area contributed by atoms with Crippen LogP contribution in [0.3, 0.4) is 0 Å². The summed E-state index contributed by atoms with van der Waals surface area (Å²) in [5.74, 6) is 0.546. The number of carbonyl (C=O) groups excluding carboxylic acids is 6. The van der Waals surface area contributed by atoms with Crippen molar-refractivity contribution in [3.8, 4) is 0 Å². The highest BCUT2D eigenvalue weighted by atomic mass is 35.5. The van der Waals surface area contributed by atoms with E-state index in [2.05, 4.69) is 67.3 Å². The largest absolute Gasteiger partial charge is 0.465 e. The zero-order chi connectivity index (χ0) is 91.3. The van der Waals surface area contributed by atoms with Crippen molar-refractivity contribution in [2.24, 2.45) is 11.8 Å². The van der Waals surface area contributed by atoms with Crippen molar-refractivity contribution in [3.05, 3.63) is 136 Å². The molecule has 2 unspecified atom stereocenters. The normalized spacial score (nSPS) is 17.9. The number of fused-ring (bicyclic) bond motifs is 10. The fourth-order valence-electron chi connectivity index (χ4n) is 16.5. The van der Waals surface area contributed by atoms with Crippen LogP contribution in [0.4, 0.5) is 26.0 Å². The van der Waals surface area contributed by atoms with Gasteiger partial charge in [0.1, 0.15) is 56.0 Å². The standard InChI is InChI=1S/C19H27N5O2.C16H21ClN4O2.C16H22N4O3.C15H24O5.C14H19N5.C11H13ClN4/c1-13-12-20-24-16(13)21-15-7-11-23(18(25)26-19(2,3)4)10-6-14(15)17(24)22-8-5-9-22;1-10-9-18-21-13(17)11-5-7-20(15(22)23-16(2,3)4)8-6-12(11)19-14(10)21;1-10-9-17-20-13(10)18-12-6-8-19(7-5-11(12)14(20)21)15(22)23-16(2,3)4;1-5-19-14(18)11-8-6-10(7-9-12(11)16)13(17)20-15(2,3)4;1-10-9-16-19-13(10)17-12-4-6-15-5-3-11(12)14(19)18-7-2-8-18;1-7-6-14-16-10(12)8-2-4-13-5-3-9(8)15-11(7)16/h12H,5-11H2,1-4H3;9H,5-8H2,1-4H3;9,17H,5-8H2,1-4H3;10-11H,5-9H2,1-4H3;9,15H,2-8H2,1H3;6,13H,2-5H2,1H3. The molecule has 36 heteroatoms. The second kappa shape index (κ2) is 39.6. The lowest BCUT2D eigenvalue weighted by Gasteiger charge is -2.35. The van der Waals surface area contributed by atoms with Crippen LogP contribution in [0.1, 0.15) is 213 Å². The number of hydrogen-bond donors (Lipinski definition) is 3. The van der Waals surface area contributed by atoms with Crippen LogP contribution >= 0.6 is 23.2 Å². The Labute approximate surface area is 751 Å². The van der Waals surface area contributed by atoms with Gasteiger partial charge < -0.3 is 58.8 Å². The predicted molar refractivity (Wildman–Crippen MR) is 484 cm³/mol. The summed E-state index contributed by atoms with van der Waals surface area (Å²) in [6, 6.07) is 0. The molecular formula is C91H126Cl2N22O12. The van der Waals surface area contributed by atoms with Gasteiger partial charge in [-0.2, -0.15) is 29.4 Å². The van der Waals surface area contributed by atoms with Crippen LogP contribution in [0, 0.1) is 46.5 Å². The quantitative estimate of drug-likeness (QED) is 0.0474. The summed E-state index contributed by atoms with van der Waals surface area (Å²) in [4.78, 5) is 119. The van der Waals surface area contributed by atoms with E-state index in [-0.39, 0.29) is 54.5 Å². The van der Waals surface area contributed by atoms with Gasteiger partial charge in [0.15, 0.2) is 28.2 Å². The van der Waals surface area contributed by atoms with Crippen molar-refractivity contribution in [3.63, 3.8) is 0 Å². The molecule has 3 amide bonds. The van der Waals surface area contributed by atoms with Crippen LogP contribution in [0.25, 0.3) is 28.2 Å². The molecule has 18 rings (SSSR count). The fourth-order valence-corrected chi connectivity index (χ4v) is 17.2. The lowest BCUT2D eigenvalue weighted by atomic mass is 9.97. The number of nitrogens with zero attached hydrogens (tertiary/aromatic N) is 19. The van der Waals surface area contributed by atoms with E-state index in [1.807, 2.05) is 139 Å². The molecule has 17 heterocycles. The van der Waals surface area contributed by atoms with E-state index in [0.717, 1.165) is 181 Å². The number of aromatic nitrogens is 15. The third kappa shape index (κ3) is 22.4. The average Bonchev–Trinajstić information content (AvgIpc) is 1.65. The van der Waals surface area contributed by atoms with Gasteiger partial charge in [-0.1, -0.05) is 23.2 Å². The molecular weight excluding hydrogens is 1660 g/mol. The van der Waals surface area contributed by atoms with Gasteiger partial charge in [-0.15, -0.1) is 0 Å². The molecule has 0 aromatic carbocycles. The molecule has 127 heavy (non-hydrogen) atoms. The number of aromatic amines is 1. The van der Waals surface area contributed by atoms with Crippen molar-refractivity contribution in [1.82, 2.24) is 98.3 Å². The Hall–Kier alpha value is -10.6. The van der Waals surface area contributed by atoms with E-state index in [0.29, 0.717) is 101 Å². The van der Waals surface area contributed by atoms with Gasteiger partial charge in [-0.3, -0.25) is 24.3 Å². The summed E-state index contributed by atoms with van der Waals surface area (Å²) < 4.78 is 35.6. The number of rotatable bonds is 5. The molecule has 7 aliphatic heterocycles. The van der Waals surface area contributed by atoms with Crippen molar-refractivity contribution < 1.29 is 52.5 Å². The second-order valence-electron chi connectivity index (χ2n) is 37.8. The van der Waals surface area contributed by atoms with Gasteiger partial charge >= 0.3 is 30.2 Å². The number of carbonyl (C=O) groups is 6. The Bertz CT molecular complexity index is 5770. The number of Topliss-reactive ketones (excluding diaryl/α,β-unsaturated/α-hetero) is 1. The summed E-state index contributed by atoms with van der Waals surface area (Å²) in [5, 5.41) is 28.7. The zero-order valence-corrected chi connectivity index (χ0v) is 78.6. The van der Waals surface area contributed by atoms with Gasteiger partial charge in [0, 0.05) is 179 Å². The van der Waals surface area contributed by atoms with Gasteiger partial charge in [0.25, 0.3) is 5.56 Å². The summed E-state index contributed by atoms with van der Waals surface area (Å²) in [6.45, 7) is 46.1. The molecule has 0 radical (unpaired) electrons. The zero-order valence-electron chi connectivity index (χ0n) is 77.1. The molecule has 0 spiro atoms. The van der Waals surface area contributed by atoms with Crippen LogP contribution in [-0.4, -0.2) is 244 Å². The van der Waals surface area contributed by atoms with Gasteiger partial charge in [-0.05, 0) is 202 Å². The van der Waals surface area contributed by atoms with Crippen LogP contribution < -0.4 is 26.0 Å². The summed E-state index contributed by atoms with van der Waals surface area (Å²) >= 11 is 12.9. The first-order chi connectivity index (χ1) is 60.2. The number of hydrogen-bond acceptors (Lipinski definition) is 25. The number of halogens is 2. The molecule has 8 aliphatic rings. The molecule has 2 saturated heterocycles. The van der Waals surface area contributed by atoms with E-state index in [9.17, 15) is 33.6 Å². The van der Waals surface area contributed by atoms with Gasteiger partial charge in [-0.25, -0.2) is 52.8 Å². The third-order valence-corrected chi connectivity index (χ3v) is 24.1.